The van der Waals surface area contributed by atoms with Crippen molar-refractivity contribution in [1.29, 1.82) is 0 Å². The molecule has 5 nitrogen and oxygen atoms in total. The summed E-state index contributed by atoms with van der Waals surface area (Å²) in [5.74, 6) is 1.44. The number of piperidine rings is 1. The number of anilines is 1. The molecule has 5 heteroatoms. The van der Waals surface area contributed by atoms with Crippen molar-refractivity contribution in [2.45, 2.75) is 19.8 Å². The molecule has 2 heterocycles. The van der Waals surface area contributed by atoms with Crippen LogP contribution in [0.1, 0.15) is 18.7 Å². The number of aryl methyl sites for hydroxylation is 1. The molecule has 0 saturated carbocycles. The molecule has 1 aromatic rings. The van der Waals surface area contributed by atoms with Gasteiger partial charge in [0.15, 0.2) is 5.82 Å². The quantitative estimate of drug-likeness (QED) is 0.800. The van der Waals surface area contributed by atoms with Crippen LogP contribution >= 0.6 is 0 Å². The predicted molar refractivity (Wildman–Crippen MR) is 57.9 cm³/mol. The summed E-state index contributed by atoms with van der Waals surface area (Å²) in [5, 5.41) is 7.15. The van der Waals surface area contributed by atoms with Crippen molar-refractivity contribution in [2.75, 3.05) is 31.6 Å². The Balaban J connectivity index is 1.88. The minimum Gasteiger partial charge on any atom is -0.327 e. The Hall–Kier alpha value is -1.10. The van der Waals surface area contributed by atoms with E-state index in [-0.39, 0.29) is 0 Å². The molecule has 1 N–H and O–H groups in total. The van der Waals surface area contributed by atoms with Crippen LogP contribution in [-0.4, -0.2) is 36.8 Å². The molecule has 1 aliphatic heterocycles. The molecule has 0 spiro atoms. The SMILES string of the molecule is Cc1noc(N(C)CC2CCNCC2)n1. The topological polar surface area (TPSA) is 54.2 Å². The monoisotopic (exact) mass is 210 g/mol. The Morgan fingerprint density at radius 2 is 2.20 bits per heavy atom. The van der Waals surface area contributed by atoms with Gasteiger partial charge in [0, 0.05) is 13.6 Å². The number of nitrogens with one attached hydrogen (secondary N) is 1. The third-order valence-corrected chi connectivity index (χ3v) is 2.83. The number of nitrogens with zero attached hydrogens (tertiary/aromatic N) is 3. The maximum atomic E-state index is 5.12. The van der Waals surface area contributed by atoms with E-state index in [4.69, 9.17) is 4.52 Å². The van der Waals surface area contributed by atoms with Crippen LogP contribution in [0.15, 0.2) is 4.52 Å². The third-order valence-electron chi connectivity index (χ3n) is 2.83. The Kier molecular flexibility index (Phi) is 3.20. The molecule has 84 valence electrons. The van der Waals surface area contributed by atoms with E-state index < -0.39 is 0 Å². The lowest BCUT2D eigenvalue weighted by Crippen LogP contribution is -2.34. The van der Waals surface area contributed by atoms with Crippen molar-refractivity contribution in [1.82, 2.24) is 15.5 Å². The number of rotatable bonds is 3. The van der Waals surface area contributed by atoms with Crippen LogP contribution < -0.4 is 10.2 Å². The summed E-state index contributed by atoms with van der Waals surface area (Å²) < 4.78 is 5.12. The maximum Gasteiger partial charge on any atom is 0.323 e. The average molecular weight is 210 g/mol. The fourth-order valence-electron chi connectivity index (χ4n) is 1.97. The molecule has 1 aromatic heterocycles. The van der Waals surface area contributed by atoms with Gasteiger partial charge in [-0.1, -0.05) is 5.16 Å². The Morgan fingerprint density at radius 3 is 2.80 bits per heavy atom. The lowest BCUT2D eigenvalue weighted by atomic mass is 9.98. The van der Waals surface area contributed by atoms with Crippen molar-refractivity contribution >= 4 is 6.01 Å². The van der Waals surface area contributed by atoms with E-state index in [0.29, 0.717) is 11.8 Å². The first kappa shape index (κ1) is 10.4. The lowest BCUT2D eigenvalue weighted by molar-refractivity contribution is 0.360. The van der Waals surface area contributed by atoms with E-state index in [1.807, 2.05) is 14.0 Å². The molecule has 0 aromatic carbocycles. The van der Waals surface area contributed by atoms with Gasteiger partial charge in [-0.05, 0) is 38.8 Å². The fourth-order valence-corrected chi connectivity index (χ4v) is 1.97. The Morgan fingerprint density at radius 1 is 1.47 bits per heavy atom. The van der Waals surface area contributed by atoms with Gasteiger partial charge in [-0.25, -0.2) is 0 Å². The first-order chi connectivity index (χ1) is 7.25. The average Bonchev–Trinajstić information content (AvgIpc) is 2.66. The zero-order valence-corrected chi connectivity index (χ0v) is 9.36. The van der Waals surface area contributed by atoms with Gasteiger partial charge in [0.25, 0.3) is 0 Å². The molecule has 1 saturated heterocycles. The zero-order chi connectivity index (χ0) is 10.7. The van der Waals surface area contributed by atoms with E-state index in [9.17, 15) is 0 Å². The van der Waals surface area contributed by atoms with Crippen LogP contribution in [0.4, 0.5) is 6.01 Å². The van der Waals surface area contributed by atoms with Crippen LogP contribution in [0.3, 0.4) is 0 Å². The van der Waals surface area contributed by atoms with Gasteiger partial charge in [0.2, 0.25) is 0 Å². The van der Waals surface area contributed by atoms with Crippen molar-refractivity contribution in [2.24, 2.45) is 5.92 Å². The van der Waals surface area contributed by atoms with Gasteiger partial charge in [-0.2, -0.15) is 4.98 Å². The van der Waals surface area contributed by atoms with Gasteiger partial charge < -0.3 is 14.7 Å². The first-order valence-electron chi connectivity index (χ1n) is 5.48. The second kappa shape index (κ2) is 4.61. The predicted octanol–water partition coefficient (Wildman–Crippen LogP) is 0.814. The second-order valence-electron chi connectivity index (χ2n) is 4.20. The minimum absolute atomic E-state index is 0.631. The Bertz CT molecular complexity index is 306. The van der Waals surface area contributed by atoms with E-state index in [1.54, 1.807) is 0 Å². The maximum absolute atomic E-state index is 5.12. The molecule has 15 heavy (non-hydrogen) atoms. The van der Waals surface area contributed by atoms with E-state index in [2.05, 4.69) is 20.4 Å². The van der Waals surface area contributed by atoms with Crippen molar-refractivity contribution < 1.29 is 4.52 Å². The van der Waals surface area contributed by atoms with Crippen LogP contribution in [0, 0.1) is 12.8 Å². The molecular weight excluding hydrogens is 192 g/mol. The van der Waals surface area contributed by atoms with Crippen LogP contribution in [0.2, 0.25) is 0 Å². The summed E-state index contributed by atoms with van der Waals surface area (Å²) in [6.07, 6.45) is 2.47. The van der Waals surface area contributed by atoms with Gasteiger partial charge in [0.05, 0.1) is 0 Å². The van der Waals surface area contributed by atoms with Crippen molar-refractivity contribution in [3.8, 4) is 0 Å². The van der Waals surface area contributed by atoms with E-state index in [0.717, 1.165) is 25.6 Å². The molecule has 0 bridgehead atoms. The highest BCUT2D eigenvalue weighted by Crippen LogP contribution is 2.16. The van der Waals surface area contributed by atoms with Crippen molar-refractivity contribution in [3.63, 3.8) is 0 Å². The zero-order valence-electron chi connectivity index (χ0n) is 9.36. The minimum atomic E-state index is 0.631. The van der Waals surface area contributed by atoms with Crippen molar-refractivity contribution in [3.05, 3.63) is 5.82 Å². The highest BCUT2D eigenvalue weighted by atomic mass is 16.5. The second-order valence-corrected chi connectivity index (χ2v) is 4.20. The molecule has 0 atom stereocenters. The summed E-state index contributed by atoms with van der Waals surface area (Å²) in [6.45, 7) is 5.09. The lowest BCUT2D eigenvalue weighted by Gasteiger charge is -2.26. The highest BCUT2D eigenvalue weighted by Gasteiger charge is 2.17. The largest absolute Gasteiger partial charge is 0.327 e. The van der Waals surface area contributed by atoms with Crippen LogP contribution in [-0.2, 0) is 0 Å². The standard InChI is InChI=1S/C10H18N4O/c1-8-12-10(15-13-8)14(2)7-9-3-5-11-6-4-9/h9,11H,3-7H2,1-2H3. The van der Waals surface area contributed by atoms with Gasteiger partial charge >= 0.3 is 6.01 Å². The van der Waals surface area contributed by atoms with Gasteiger partial charge in [0.1, 0.15) is 0 Å². The molecule has 0 amide bonds. The fraction of sp³-hybridized carbons (Fsp3) is 0.800. The van der Waals surface area contributed by atoms with Gasteiger partial charge in [-0.15, -0.1) is 0 Å². The normalized spacial score (nSPS) is 18.0. The summed E-state index contributed by atoms with van der Waals surface area (Å²) in [5.41, 5.74) is 0. The van der Waals surface area contributed by atoms with E-state index >= 15 is 0 Å². The third kappa shape index (κ3) is 2.68. The Labute approximate surface area is 89.8 Å². The molecule has 0 unspecified atom stereocenters. The smallest absolute Gasteiger partial charge is 0.323 e. The highest BCUT2D eigenvalue weighted by molar-refractivity contribution is 5.22. The first-order valence-corrected chi connectivity index (χ1v) is 5.48. The molecule has 0 radical (unpaired) electrons. The molecule has 0 aliphatic carbocycles. The molecule has 1 aliphatic rings. The number of aromatic nitrogens is 2. The number of hydrogen-bond acceptors (Lipinski definition) is 5. The molecule has 1 fully saturated rings. The molecule has 2 rings (SSSR count). The molecular formula is C10H18N4O. The summed E-state index contributed by atoms with van der Waals surface area (Å²) in [7, 11) is 2.01. The van der Waals surface area contributed by atoms with Crippen LogP contribution in [0.5, 0.6) is 0 Å². The van der Waals surface area contributed by atoms with Crippen LogP contribution in [0.25, 0.3) is 0 Å². The van der Waals surface area contributed by atoms with Gasteiger partial charge in [-0.3, -0.25) is 0 Å². The number of hydrogen-bond donors (Lipinski definition) is 1. The summed E-state index contributed by atoms with van der Waals surface area (Å²) in [6, 6.07) is 0.631. The summed E-state index contributed by atoms with van der Waals surface area (Å²) in [4.78, 5) is 6.26. The summed E-state index contributed by atoms with van der Waals surface area (Å²) >= 11 is 0. The van der Waals surface area contributed by atoms with E-state index in [1.165, 1.54) is 12.8 Å².